The first kappa shape index (κ1) is 13.8. The van der Waals surface area contributed by atoms with Crippen molar-refractivity contribution in [3.05, 3.63) is 45.4 Å². The van der Waals surface area contributed by atoms with Gasteiger partial charge in [-0.25, -0.2) is 4.39 Å². The molecule has 1 aromatic carbocycles. The van der Waals surface area contributed by atoms with E-state index in [9.17, 15) is 9.18 Å². The highest BCUT2D eigenvalue weighted by Gasteiger charge is 2.09. The zero-order valence-electron chi connectivity index (χ0n) is 10.2. The Balaban J connectivity index is 2.11. The van der Waals surface area contributed by atoms with Gasteiger partial charge in [-0.1, -0.05) is 17.7 Å². The number of nitrogens with one attached hydrogen (secondary N) is 2. The molecule has 0 fully saturated rings. The van der Waals surface area contributed by atoms with E-state index in [4.69, 9.17) is 11.6 Å². The van der Waals surface area contributed by atoms with Crippen LogP contribution < -0.4 is 10.6 Å². The molecule has 0 aliphatic rings. The molecule has 0 spiro atoms. The second-order valence-corrected chi connectivity index (χ2v) is 5.30. The summed E-state index contributed by atoms with van der Waals surface area (Å²) >= 11 is 7.40. The van der Waals surface area contributed by atoms with Gasteiger partial charge in [0.05, 0.1) is 22.9 Å². The molecule has 0 aliphatic heterocycles. The molecular weight excluding hydrogens is 287 g/mol. The minimum atomic E-state index is -0.398. The van der Waals surface area contributed by atoms with Gasteiger partial charge in [0.2, 0.25) is 5.91 Å². The van der Waals surface area contributed by atoms with Crippen LogP contribution in [0.25, 0.3) is 0 Å². The second-order valence-electron chi connectivity index (χ2n) is 3.89. The number of halogens is 2. The van der Waals surface area contributed by atoms with E-state index in [1.165, 1.54) is 24.3 Å². The van der Waals surface area contributed by atoms with Gasteiger partial charge < -0.3 is 10.6 Å². The largest absolute Gasteiger partial charge is 0.376 e. The highest BCUT2D eigenvalue weighted by molar-refractivity contribution is 7.10. The predicted molar refractivity (Wildman–Crippen MR) is 77.4 cm³/mol. The van der Waals surface area contributed by atoms with Crippen LogP contribution in [0.2, 0.25) is 5.02 Å². The van der Waals surface area contributed by atoms with Gasteiger partial charge in [0.15, 0.2) is 0 Å². The number of anilines is 2. The maximum Gasteiger partial charge on any atom is 0.221 e. The summed E-state index contributed by atoms with van der Waals surface area (Å²) in [5.41, 5.74) is 1.00. The Hall–Kier alpha value is -1.59. The van der Waals surface area contributed by atoms with Crippen LogP contribution in [0, 0.1) is 5.82 Å². The van der Waals surface area contributed by atoms with Crippen LogP contribution in [-0.2, 0) is 11.3 Å². The van der Waals surface area contributed by atoms with Crippen LogP contribution in [0.5, 0.6) is 0 Å². The van der Waals surface area contributed by atoms with Gasteiger partial charge >= 0.3 is 0 Å². The van der Waals surface area contributed by atoms with Crippen molar-refractivity contribution in [1.82, 2.24) is 0 Å². The van der Waals surface area contributed by atoms with Crippen molar-refractivity contribution in [1.29, 1.82) is 0 Å². The highest BCUT2D eigenvalue weighted by Crippen LogP contribution is 2.28. The molecule has 1 aromatic heterocycles. The Morgan fingerprint density at radius 3 is 2.89 bits per heavy atom. The minimum Gasteiger partial charge on any atom is -0.376 e. The SMILES string of the molecule is CC(=O)Nc1ccsc1CNc1c(F)cccc1Cl. The third-order valence-electron chi connectivity index (χ3n) is 2.44. The molecule has 19 heavy (non-hydrogen) atoms. The van der Waals surface area contributed by atoms with E-state index >= 15 is 0 Å². The Bertz CT molecular complexity index is 580. The van der Waals surface area contributed by atoms with Crippen molar-refractivity contribution in [3.63, 3.8) is 0 Å². The smallest absolute Gasteiger partial charge is 0.221 e. The molecule has 2 N–H and O–H groups in total. The molecule has 1 amide bonds. The van der Waals surface area contributed by atoms with Crippen LogP contribution in [0.15, 0.2) is 29.6 Å². The average Bonchev–Trinajstić information content (AvgIpc) is 2.75. The summed E-state index contributed by atoms with van der Waals surface area (Å²) in [5, 5.41) is 7.87. The quantitative estimate of drug-likeness (QED) is 0.892. The standard InChI is InChI=1S/C13H12ClFN2OS/c1-8(18)17-11-5-6-19-12(11)7-16-13-9(14)3-2-4-10(13)15/h2-6,16H,7H2,1H3,(H,17,18). The summed E-state index contributed by atoms with van der Waals surface area (Å²) in [5.74, 6) is -0.534. The molecule has 6 heteroatoms. The zero-order valence-corrected chi connectivity index (χ0v) is 11.7. The summed E-state index contributed by atoms with van der Waals surface area (Å²) < 4.78 is 13.6. The maximum absolute atomic E-state index is 13.6. The number of benzene rings is 1. The highest BCUT2D eigenvalue weighted by atomic mass is 35.5. The number of carbonyl (C=O) groups is 1. The summed E-state index contributed by atoms with van der Waals surface area (Å²) in [6.07, 6.45) is 0. The van der Waals surface area contributed by atoms with Gasteiger partial charge in [-0.2, -0.15) is 0 Å². The Kier molecular flexibility index (Phi) is 4.39. The van der Waals surface area contributed by atoms with Crippen LogP contribution in [0.1, 0.15) is 11.8 Å². The first-order chi connectivity index (χ1) is 9.08. The molecule has 0 saturated heterocycles. The summed E-state index contributed by atoms with van der Waals surface area (Å²) in [4.78, 5) is 11.9. The van der Waals surface area contributed by atoms with Gasteiger partial charge in [-0.15, -0.1) is 11.3 Å². The van der Waals surface area contributed by atoms with E-state index in [0.717, 1.165) is 10.6 Å². The molecule has 0 radical (unpaired) electrons. The van der Waals surface area contributed by atoms with Gasteiger partial charge in [-0.05, 0) is 23.6 Å². The average molecular weight is 299 g/mol. The van der Waals surface area contributed by atoms with Crippen molar-refractivity contribution in [2.24, 2.45) is 0 Å². The van der Waals surface area contributed by atoms with E-state index in [0.29, 0.717) is 11.6 Å². The molecule has 0 saturated carbocycles. The second kappa shape index (κ2) is 6.04. The topological polar surface area (TPSA) is 41.1 Å². The van der Waals surface area contributed by atoms with E-state index in [2.05, 4.69) is 10.6 Å². The van der Waals surface area contributed by atoms with Crippen LogP contribution in [0.3, 0.4) is 0 Å². The molecule has 2 rings (SSSR count). The molecule has 0 bridgehead atoms. The first-order valence-corrected chi connectivity index (χ1v) is 6.85. The fraction of sp³-hybridized carbons (Fsp3) is 0.154. The van der Waals surface area contributed by atoms with Crippen LogP contribution >= 0.6 is 22.9 Å². The zero-order chi connectivity index (χ0) is 13.8. The van der Waals surface area contributed by atoms with Gasteiger partial charge in [0.25, 0.3) is 0 Å². The number of rotatable bonds is 4. The molecule has 100 valence electrons. The molecule has 2 aromatic rings. The number of hydrogen-bond donors (Lipinski definition) is 2. The summed E-state index contributed by atoms with van der Waals surface area (Å²) in [6.45, 7) is 1.84. The number of amides is 1. The fourth-order valence-corrected chi connectivity index (χ4v) is 2.61. The first-order valence-electron chi connectivity index (χ1n) is 5.60. The van der Waals surface area contributed by atoms with E-state index < -0.39 is 5.82 Å². The number of thiophene rings is 1. The molecular formula is C13H12ClFN2OS. The van der Waals surface area contributed by atoms with E-state index in [1.807, 2.05) is 11.4 Å². The van der Waals surface area contributed by atoms with Crippen molar-refractivity contribution in [3.8, 4) is 0 Å². The van der Waals surface area contributed by atoms with Crippen molar-refractivity contribution in [2.45, 2.75) is 13.5 Å². The number of para-hydroxylation sites is 1. The van der Waals surface area contributed by atoms with Crippen molar-refractivity contribution >= 4 is 40.2 Å². The van der Waals surface area contributed by atoms with E-state index in [-0.39, 0.29) is 11.6 Å². The fourth-order valence-electron chi connectivity index (χ4n) is 1.61. The lowest BCUT2D eigenvalue weighted by molar-refractivity contribution is -0.114. The number of carbonyl (C=O) groups excluding carboxylic acids is 1. The molecule has 1 heterocycles. The molecule has 0 unspecified atom stereocenters. The molecule has 0 aliphatic carbocycles. The summed E-state index contributed by atoms with van der Waals surface area (Å²) in [6, 6.07) is 6.33. The molecule has 0 atom stereocenters. The van der Waals surface area contributed by atoms with Gasteiger partial charge in [0, 0.05) is 11.8 Å². The Labute approximate surface area is 119 Å². The van der Waals surface area contributed by atoms with Crippen LogP contribution in [0.4, 0.5) is 15.8 Å². The Morgan fingerprint density at radius 1 is 1.42 bits per heavy atom. The van der Waals surface area contributed by atoms with Gasteiger partial charge in [-0.3, -0.25) is 4.79 Å². The van der Waals surface area contributed by atoms with Crippen LogP contribution in [-0.4, -0.2) is 5.91 Å². The monoisotopic (exact) mass is 298 g/mol. The maximum atomic E-state index is 13.6. The molecule has 3 nitrogen and oxygen atoms in total. The lowest BCUT2D eigenvalue weighted by Gasteiger charge is -2.10. The van der Waals surface area contributed by atoms with Crippen molar-refractivity contribution < 1.29 is 9.18 Å². The van der Waals surface area contributed by atoms with E-state index in [1.54, 1.807) is 12.1 Å². The predicted octanol–water partition coefficient (Wildman–Crippen LogP) is 4.11. The normalized spacial score (nSPS) is 10.3. The van der Waals surface area contributed by atoms with Crippen molar-refractivity contribution in [2.75, 3.05) is 10.6 Å². The van der Waals surface area contributed by atoms with Gasteiger partial charge in [0.1, 0.15) is 5.82 Å². The Morgan fingerprint density at radius 2 is 2.21 bits per heavy atom. The minimum absolute atomic E-state index is 0.136. The lowest BCUT2D eigenvalue weighted by atomic mass is 10.3. The third kappa shape index (κ3) is 3.45. The third-order valence-corrected chi connectivity index (χ3v) is 3.68. The number of hydrogen-bond acceptors (Lipinski definition) is 3. The lowest BCUT2D eigenvalue weighted by Crippen LogP contribution is -2.08. The summed E-state index contributed by atoms with van der Waals surface area (Å²) in [7, 11) is 0.